The molecule has 0 saturated heterocycles. The fraction of sp³-hybridized carbons (Fsp3) is 0.147. The first-order chi connectivity index (χ1) is 59.9. The van der Waals surface area contributed by atoms with Crippen LogP contribution in [-0.4, -0.2) is 130 Å². The average molecular weight is 1580 g/mol. The maximum atomic E-state index is 15.8. The number of carbonyl (C=O) groups is 2. The molecule has 0 spiro atoms. The molecule has 0 saturated carbocycles. The summed E-state index contributed by atoms with van der Waals surface area (Å²) in [6.45, 7) is 0.692. The Balaban J connectivity index is 0.855. The van der Waals surface area contributed by atoms with Gasteiger partial charge in [-0.25, -0.2) is 4.79 Å². The third kappa shape index (κ3) is 6.42. The molecule has 572 valence electrons. The third-order valence-corrected chi connectivity index (χ3v) is 31.2. The maximum Gasteiger partial charge on any atom is 0.338 e. The highest BCUT2D eigenvalue weighted by atomic mass is 16.4. The number of hydrogen-bond donors (Lipinski definition) is 5. The molecule has 32 rings (SSSR count). The minimum atomic E-state index is -1.11. The summed E-state index contributed by atoms with van der Waals surface area (Å²) in [5.74, 6) is -4.08. The summed E-state index contributed by atoms with van der Waals surface area (Å²) < 4.78 is 5.09. The van der Waals surface area contributed by atoms with Gasteiger partial charge in [0, 0.05) is 204 Å². The number of aliphatic hydroxyl groups excluding tert-OH is 1. The molecule has 122 heavy (non-hydrogen) atoms. The summed E-state index contributed by atoms with van der Waals surface area (Å²) in [5, 5.41) is 82.6. The number of hydrogen-bond acceptors (Lipinski definition) is 16. The molecule has 8 unspecified atom stereocenters. The van der Waals surface area contributed by atoms with Gasteiger partial charge in [-0.1, -0.05) is 48.1 Å². The van der Waals surface area contributed by atoms with Crippen molar-refractivity contribution in [1.82, 2.24) is 23.9 Å². The number of anilines is 2. The molecule has 20 nitrogen and oxygen atoms in total. The molecule has 19 heterocycles. The van der Waals surface area contributed by atoms with Gasteiger partial charge < -0.3 is 49.4 Å². The summed E-state index contributed by atoms with van der Waals surface area (Å²) in [4.78, 5) is 70.6. The second-order valence-corrected chi connectivity index (χ2v) is 35.9. The van der Waals surface area contributed by atoms with Gasteiger partial charge >= 0.3 is 11.9 Å². The number of aromatic hydroxyl groups is 2. The normalized spacial score (nSPS) is 28.1. The summed E-state index contributed by atoms with van der Waals surface area (Å²) in [5.41, 5.74) is 41.3. The zero-order valence-electron chi connectivity index (χ0n) is 64.7. The van der Waals surface area contributed by atoms with Gasteiger partial charge in [-0.2, -0.15) is 5.26 Å². The highest BCUT2D eigenvalue weighted by Crippen LogP contribution is 2.74. The molecule has 24 aliphatic rings. The van der Waals surface area contributed by atoms with Gasteiger partial charge in [0.2, 0.25) is 0 Å². The number of pyridine rings is 1. The fourth-order valence-electron chi connectivity index (χ4n) is 27.6. The fourth-order valence-corrected chi connectivity index (χ4v) is 27.6. The molecule has 20 heteroatoms. The zero-order chi connectivity index (χ0) is 79.9. The lowest BCUT2D eigenvalue weighted by Gasteiger charge is -2.60. The standard InChI is InChI=1S/C102H57N13O7/c1-104-16-4-6-18-112-36-61-41-14-22-110(19-7-15-103)58-32-56-80-86-85-78-47-29-46-67-45-27-39-26-42-44(99(119)52-34-106-93-88(76(52)66(42)45)84(67)77-53(100(93)120)35-111(20-8-17-105-2)57-30-49-71(72(46)81(57)77)73(47)87(86)92(108-56)79(49)102(121)122)23-37-24-50-74-65(39)101-109-91(78)82-60-31-48-68-54(107-55-33-59(83(74)97(69(48)55)115(60)101)113(94(50)62(116)25-37)21-5-3-9-63(117)118)13-11-38-10-12-40-43(64(38)68)28-51-75(82)90(85)98(89(80)70(41)58)114(61)96(51)95(40)112/h3-8,10-14,16-17,19-20,22-25,28,30-36,42,60,68,87,89,97,101,116,119-120H,9,18,21,26-27,29H2,1-2H3,(H,117,118)(H,121,122)/b5-3+,6-4+,19-7+,20-8+,44-23+,65-39-,104-16-,105-17+. The van der Waals surface area contributed by atoms with E-state index in [1.807, 2.05) is 58.9 Å². The first-order valence-electron chi connectivity index (χ1n) is 41.9. The van der Waals surface area contributed by atoms with Crippen molar-refractivity contribution >= 4 is 171 Å². The van der Waals surface area contributed by atoms with Crippen LogP contribution in [0.3, 0.4) is 0 Å². The Hall–Kier alpha value is -15.3. The predicted octanol–water partition coefficient (Wildman–Crippen LogP) is 15.2. The van der Waals surface area contributed by atoms with Crippen molar-refractivity contribution in [3.63, 3.8) is 0 Å². The molecular weight excluding hydrogens is 1520 g/mol. The number of allylic oxidation sites excluding steroid dienone is 13. The van der Waals surface area contributed by atoms with Crippen LogP contribution in [0, 0.1) is 11.3 Å². The van der Waals surface area contributed by atoms with Crippen LogP contribution < -0.4 is 20.2 Å². The van der Waals surface area contributed by atoms with Crippen LogP contribution in [0.15, 0.2) is 226 Å². The van der Waals surface area contributed by atoms with Crippen molar-refractivity contribution in [1.29, 1.82) is 5.26 Å². The molecule has 8 atom stereocenters. The predicted molar refractivity (Wildman–Crippen MR) is 470 cm³/mol. The van der Waals surface area contributed by atoms with E-state index < -0.39 is 47.9 Å². The molecule has 0 radical (unpaired) electrons. The SMILES string of the molecule is C/N=C\C=C\Cn1cc2c3c4c(cc5c6c7c8c9c(n-2c2c%10cc%11c%12c(ccc%11c21)C=C/C1=N/C2=C%11C(=C/C%13/C(=C/9%10)C9=NC%10/C%14=C%15\Cc%16c%17c%18c(cnc%19c(O)c%20c%21c%22c%23c(c%16c%21c%19%18)C/C(=C\98)C8=C%23C(=C(C(=O)O)C(=N5)C87)/C=C\%22N(/C=C/C=N/C)C=%20)=C(O)/C(=C/c5cc(O)c7c(c5)C%14=C(C(=C2)N7C/C=C/CC(=O)O)C%11N%10%13)C%17C%15)/C1%12)C46)N(/C=C/C#N)C=C3. The number of carboxylic acids is 2. The van der Waals surface area contributed by atoms with E-state index >= 15 is 4.79 Å². The maximum absolute atomic E-state index is 15.8. The van der Waals surface area contributed by atoms with Crippen LogP contribution in [0.1, 0.15) is 131 Å². The first-order valence-corrected chi connectivity index (χ1v) is 41.9. The summed E-state index contributed by atoms with van der Waals surface area (Å²) in [6.07, 6.45) is 42.8. The lowest BCUT2D eigenvalue weighted by Crippen LogP contribution is -2.62. The number of nitrogens with zero attached hydrogens (tertiary/aromatic N) is 13. The molecule has 0 amide bonds. The Morgan fingerprint density at radius 3 is 2.49 bits per heavy atom. The molecular formula is C102H57N13O7. The molecule has 8 aliphatic carbocycles. The molecule has 0 fully saturated rings. The van der Waals surface area contributed by atoms with Crippen LogP contribution >= 0.6 is 0 Å². The second-order valence-electron chi connectivity index (χ2n) is 35.9. The van der Waals surface area contributed by atoms with Crippen LogP contribution in [0.2, 0.25) is 0 Å². The largest absolute Gasteiger partial charge is 0.507 e. The lowest BCUT2D eigenvalue weighted by molar-refractivity contribution is -0.136. The number of aliphatic imine (C=N–C) groups is 5. The second kappa shape index (κ2) is 20.0. The number of phenolic OH excluding ortho intramolecular Hbond substituents is 2. The smallest absolute Gasteiger partial charge is 0.338 e. The van der Waals surface area contributed by atoms with Gasteiger partial charge in [0.15, 0.2) is 5.75 Å². The summed E-state index contributed by atoms with van der Waals surface area (Å²) in [7, 11) is 3.52. The lowest BCUT2D eigenvalue weighted by atomic mass is 9.52. The van der Waals surface area contributed by atoms with E-state index in [2.05, 4.69) is 126 Å². The Kier molecular flexibility index (Phi) is 10.3. The van der Waals surface area contributed by atoms with Crippen LogP contribution in [0.5, 0.6) is 11.5 Å². The monoisotopic (exact) mass is 1580 g/mol. The van der Waals surface area contributed by atoms with E-state index in [0.717, 1.165) is 234 Å². The number of aliphatic hydroxyl groups is 1. The van der Waals surface area contributed by atoms with Crippen molar-refractivity contribution in [2.45, 2.75) is 74.1 Å². The van der Waals surface area contributed by atoms with Crippen molar-refractivity contribution in [3.05, 3.63) is 306 Å². The van der Waals surface area contributed by atoms with E-state index in [0.29, 0.717) is 75.6 Å². The van der Waals surface area contributed by atoms with Gasteiger partial charge in [-0.05, 0) is 191 Å². The summed E-state index contributed by atoms with van der Waals surface area (Å²) in [6, 6.07) is 14.6. The zero-order valence-corrected chi connectivity index (χ0v) is 64.7. The van der Waals surface area contributed by atoms with Crippen molar-refractivity contribution < 1.29 is 35.1 Å². The topological polar surface area (TPSA) is 257 Å². The first kappa shape index (κ1) is 62.8. The Labute approximate surface area is 690 Å². The van der Waals surface area contributed by atoms with E-state index in [1.165, 1.54) is 17.2 Å². The number of aromatic nitrogens is 3. The molecule has 62 bridgehead atoms. The van der Waals surface area contributed by atoms with Crippen molar-refractivity contribution in [2.24, 2.45) is 25.0 Å². The number of rotatable bonds is 11. The molecule has 3 aromatic heterocycles. The quantitative estimate of drug-likeness (QED) is 0.0350. The van der Waals surface area contributed by atoms with Gasteiger partial charge in [0.05, 0.1) is 110 Å². The highest BCUT2D eigenvalue weighted by Gasteiger charge is 2.64. The van der Waals surface area contributed by atoms with E-state index in [4.69, 9.17) is 20.0 Å². The summed E-state index contributed by atoms with van der Waals surface area (Å²) >= 11 is 0. The molecule has 5 N–H and O–H groups in total. The number of phenols is 2. The van der Waals surface area contributed by atoms with Crippen LogP contribution in [0.25, 0.3) is 118 Å². The number of nitriles is 1. The van der Waals surface area contributed by atoms with E-state index in [9.17, 15) is 35.6 Å². The Bertz CT molecular complexity index is 8570. The van der Waals surface area contributed by atoms with Gasteiger partial charge in [0.25, 0.3) is 0 Å². The number of benzene rings is 6. The van der Waals surface area contributed by atoms with Crippen molar-refractivity contribution in [3.8, 4) is 23.3 Å². The van der Waals surface area contributed by atoms with Crippen molar-refractivity contribution in [2.75, 3.05) is 30.4 Å². The van der Waals surface area contributed by atoms with Gasteiger partial charge in [-0.15, -0.1) is 0 Å². The minimum Gasteiger partial charge on any atom is -0.507 e. The average Bonchev–Trinajstić information content (AvgIpc) is 0.630. The molecule has 8 aromatic rings. The molecule has 16 aliphatic heterocycles. The third-order valence-electron chi connectivity index (χ3n) is 31.2. The Morgan fingerprint density at radius 2 is 1.61 bits per heavy atom. The highest BCUT2D eigenvalue weighted by molar-refractivity contribution is 6.44. The number of aliphatic carboxylic acids is 2. The Morgan fingerprint density at radius 1 is 0.713 bits per heavy atom. The van der Waals surface area contributed by atoms with E-state index in [-0.39, 0.29) is 41.7 Å². The van der Waals surface area contributed by atoms with Crippen LogP contribution in [-0.2, 0) is 29.0 Å². The van der Waals surface area contributed by atoms with Crippen LogP contribution in [0.4, 0.5) is 17.1 Å². The molecule has 5 aromatic carbocycles. The van der Waals surface area contributed by atoms with E-state index in [1.54, 1.807) is 32.6 Å². The minimum absolute atomic E-state index is 0.00739. The van der Waals surface area contributed by atoms with Gasteiger partial charge in [-0.3, -0.25) is 39.6 Å². The van der Waals surface area contributed by atoms with Gasteiger partial charge in [0.1, 0.15) is 23.2 Å². The number of carboxylic acid groups (broad SMARTS) is 2.